The lowest BCUT2D eigenvalue weighted by Gasteiger charge is -2.42. The molecule has 2 atom stereocenters. The Labute approximate surface area is 506 Å². The van der Waals surface area contributed by atoms with E-state index >= 15 is 19.2 Å². The van der Waals surface area contributed by atoms with Gasteiger partial charge in [-0.25, -0.2) is 29.2 Å². The second-order valence-electron chi connectivity index (χ2n) is 21.2. The molecule has 0 bridgehead atoms. The molecule has 2 aromatic heterocycles. The molecule has 0 N–H and O–H groups in total. The minimum atomic E-state index is -2.70. The Kier molecular flexibility index (Phi) is 13.9. The van der Waals surface area contributed by atoms with E-state index < -0.39 is 68.6 Å². The summed E-state index contributed by atoms with van der Waals surface area (Å²) < 4.78 is 37.9. The first-order valence-corrected chi connectivity index (χ1v) is 29.5. The van der Waals surface area contributed by atoms with Crippen LogP contribution < -0.4 is 41.9 Å². The van der Waals surface area contributed by atoms with Crippen LogP contribution in [0.25, 0.3) is 32.7 Å². The average molecular weight is 1200 g/mol. The Morgan fingerprint density at radius 2 is 0.659 bits per heavy atom. The standard InChI is InChI=1S/C70H44N2O14S2/c73-59-45-25-13-14-26-46(45)60(74)57(59)71-55-33-53-63(87-55)49-29-44-32-52-50(30-43(44)31-51(49)69(85-53,65(77)81-35-39-17-5-1-6-18-39)66(78)82-36-40-19-7-2-8-20-40)64-54(34-56(88-64)72-58-61(75)47-27-15-16-28-48(47)62(58)76)86-70(52,67(79)83-37-41-21-9-3-10-22-41)68(80)84-38-42-23-11-4-12-24-42/h1-34,43-44H,35-38H2. The highest BCUT2D eigenvalue weighted by atomic mass is 32.1. The number of carbonyl (C=O) groups is 4. The molecule has 18 heteroatoms. The van der Waals surface area contributed by atoms with Crippen molar-refractivity contribution in [1.82, 2.24) is 0 Å². The molecule has 4 aliphatic rings. The van der Waals surface area contributed by atoms with Crippen molar-refractivity contribution in [1.29, 1.82) is 0 Å². The highest BCUT2D eigenvalue weighted by Gasteiger charge is 2.63. The number of ether oxygens (including phenoxy) is 6. The lowest BCUT2D eigenvalue weighted by atomic mass is 9.68. The first-order chi connectivity index (χ1) is 42.9. The van der Waals surface area contributed by atoms with Crippen LogP contribution in [0.4, 0.5) is 10.0 Å². The van der Waals surface area contributed by atoms with Gasteiger partial charge in [-0.15, -0.1) is 22.7 Å². The molecule has 430 valence electrons. The van der Waals surface area contributed by atoms with Crippen LogP contribution in [0.15, 0.2) is 247 Å². The number of carbonyl (C=O) groups excluding carboxylic acids is 4. The highest BCUT2D eigenvalue weighted by molar-refractivity contribution is 7.17. The van der Waals surface area contributed by atoms with Crippen molar-refractivity contribution in [2.24, 2.45) is 21.8 Å². The number of fused-ring (bicyclic) bond motifs is 9. The Morgan fingerprint density at radius 3 is 0.943 bits per heavy atom. The lowest BCUT2D eigenvalue weighted by molar-refractivity contribution is -0.179. The molecule has 0 fully saturated rings. The molecule has 0 saturated heterocycles. The third-order valence-corrected chi connectivity index (χ3v) is 17.8. The smallest absolute Gasteiger partial charge is 0.367 e. The molecular weight excluding hydrogens is 1160 g/mol. The minimum Gasteiger partial charge on any atom is -0.458 e. The van der Waals surface area contributed by atoms with Crippen molar-refractivity contribution in [3.8, 4) is 11.5 Å². The zero-order valence-electron chi connectivity index (χ0n) is 46.0. The van der Waals surface area contributed by atoms with E-state index in [-0.39, 0.29) is 102 Å². The minimum absolute atomic E-state index is 0.00623. The van der Waals surface area contributed by atoms with Crippen molar-refractivity contribution in [2.75, 3.05) is 0 Å². The van der Waals surface area contributed by atoms with E-state index in [1.165, 1.54) is 12.1 Å². The maximum Gasteiger partial charge on any atom is 0.367 e. The fraction of sp³-hybridized carbons (Fsp3) is 0.114. The molecule has 4 heterocycles. The summed E-state index contributed by atoms with van der Waals surface area (Å²) in [5, 5.41) is 0.290. The fourth-order valence-electron chi connectivity index (χ4n) is 11.5. The molecule has 0 saturated carbocycles. The highest BCUT2D eigenvalue weighted by Crippen LogP contribution is 2.58. The lowest BCUT2D eigenvalue weighted by Crippen LogP contribution is -2.58. The van der Waals surface area contributed by atoms with E-state index in [2.05, 4.69) is 9.98 Å². The van der Waals surface area contributed by atoms with Gasteiger partial charge in [0, 0.05) is 67.8 Å². The number of hydrogen-bond acceptors (Lipinski definition) is 18. The van der Waals surface area contributed by atoms with Gasteiger partial charge >= 0.3 is 35.1 Å². The number of rotatable bonds is 14. The maximum absolute atomic E-state index is 15.5. The van der Waals surface area contributed by atoms with E-state index in [1.54, 1.807) is 194 Å². The second kappa shape index (κ2) is 22.2. The number of hydrogen-bond donors (Lipinski definition) is 0. The Hall–Kier alpha value is -10.8. The van der Waals surface area contributed by atoms with Gasteiger partial charge in [0.25, 0.3) is 0 Å². The quantitative estimate of drug-likeness (QED) is 0.0563. The summed E-state index contributed by atoms with van der Waals surface area (Å²) in [4.78, 5) is 127. The summed E-state index contributed by atoms with van der Waals surface area (Å²) in [5.41, 5.74) is -4.83. The van der Waals surface area contributed by atoms with Crippen LogP contribution in [-0.2, 0) is 64.6 Å². The second-order valence-corrected chi connectivity index (χ2v) is 23.2. The zero-order chi connectivity index (χ0) is 60.3. The van der Waals surface area contributed by atoms with Crippen LogP contribution in [0.5, 0.6) is 11.5 Å². The normalized spacial score (nSPS) is 16.5. The van der Waals surface area contributed by atoms with Gasteiger partial charge in [-0.05, 0) is 22.3 Å². The summed E-state index contributed by atoms with van der Waals surface area (Å²) in [5.74, 6) is -6.32. The van der Waals surface area contributed by atoms with Crippen molar-refractivity contribution < 1.29 is 47.6 Å². The van der Waals surface area contributed by atoms with Crippen molar-refractivity contribution >= 4 is 89.2 Å². The van der Waals surface area contributed by atoms with Crippen LogP contribution in [0.2, 0.25) is 0 Å². The van der Waals surface area contributed by atoms with Gasteiger partial charge < -0.3 is 28.4 Å². The van der Waals surface area contributed by atoms with Crippen LogP contribution >= 0.6 is 22.7 Å². The van der Waals surface area contributed by atoms with Crippen LogP contribution in [-0.4, -0.2) is 35.1 Å². The molecule has 10 aromatic rings. The van der Waals surface area contributed by atoms with E-state index in [0.29, 0.717) is 32.0 Å². The predicted molar refractivity (Wildman–Crippen MR) is 328 cm³/mol. The van der Waals surface area contributed by atoms with Crippen molar-refractivity contribution in [2.45, 2.75) is 37.6 Å². The SMILES string of the molecule is O=C(OCc1ccccc1)C1(C(=O)OCc2ccccc2)Oc2cc(N=c3c(=O)c4ccccc4c3=O)sc2C2=CC3C=C4C(=CC3C=C21)c1sc(N=c2c(=O)c3ccccc3c2=O)cc1OC4(C(=O)OCc1ccccc1)C(=O)OCc1ccccc1. The summed E-state index contributed by atoms with van der Waals surface area (Å²) >= 11 is 2.04. The number of allylic oxidation sites excluding steroid dienone is 4. The number of esters is 4. The molecule has 2 unspecified atom stereocenters. The molecule has 0 amide bonds. The summed E-state index contributed by atoms with van der Waals surface area (Å²) in [6.07, 6.45) is 6.85. The molecule has 8 aromatic carbocycles. The van der Waals surface area contributed by atoms with E-state index in [4.69, 9.17) is 28.4 Å². The van der Waals surface area contributed by atoms with Gasteiger partial charge in [-0.1, -0.05) is 194 Å². The molecule has 0 spiro atoms. The Morgan fingerprint density at radius 1 is 0.386 bits per heavy atom. The Balaban J connectivity index is 0.976. The fourth-order valence-corrected chi connectivity index (χ4v) is 13.5. The monoisotopic (exact) mass is 1200 g/mol. The van der Waals surface area contributed by atoms with Crippen molar-refractivity contribution in [3.63, 3.8) is 0 Å². The summed E-state index contributed by atoms with van der Waals surface area (Å²) in [6, 6.07) is 50.9. The predicted octanol–water partition coefficient (Wildman–Crippen LogP) is 9.59. The summed E-state index contributed by atoms with van der Waals surface area (Å²) in [7, 11) is 0. The van der Waals surface area contributed by atoms with Gasteiger partial charge in [-0.2, -0.15) is 0 Å². The van der Waals surface area contributed by atoms with E-state index in [9.17, 15) is 19.2 Å². The first-order valence-electron chi connectivity index (χ1n) is 27.8. The van der Waals surface area contributed by atoms with E-state index in [0.717, 1.165) is 22.7 Å². The molecule has 0 radical (unpaired) electrons. The van der Waals surface area contributed by atoms with E-state index in [1.807, 2.05) is 0 Å². The number of benzene rings is 6. The third kappa shape index (κ3) is 9.45. The first kappa shape index (κ1) is 55.1. The summed E-state index contributed by atoms with van der Waals surface area (Å²) in [6.45, 7) is -1.15. The average Bonchev–Trinajstić information content (AvgIpc) is 1.16. The maximum atomic E-state index is 15.5. The van der Waals surface area contributed by atoms with Gasteiger partial charge in [0.1, 0.15) is 47.9 Å². The van der Waals surface area contributed by atoms with Gasteiger partial charge in [-0.3, -0.25) is 19.2 Å². The molecule has 16 nitrogen and oxygen atoms in total. The molecule has 14 rings (SSSR count). The van der Waals surface area contributed by atoms with Crippen LogP contribution in [0.3, 0.4) is 0 Å². The molecular formula is C70H44N2O14S2. The Bertz CT molecular complexity index is 4480. The molecule has 2 aliphatic heterocycles. The third-order valence-electron chi connectivity index (χ3n) is 15.7. The molecule has 2 aliphatic carbocycles. The number of nitrogens with zero attached hydrogens (tertiary/aromatic N) is 2. The largest absolute Gasteiger partial charge is 0.458 e. The topological polar surface area (TPSA) is 217 Å². The van der Waals surface area contributed by atoms with Crippen LogP contribution in [0, 0.1) is 11.8 Å². The zero-order valence-corrected chi connectivity index (χ0v) is 47.7. The van der Waals surface area contributed by atoms with Crippen molar-refractivity contribution in [3.05, 3.63) is 301 Å². The van der Waals surface area contributed by atoms with Gasteiger partial charge in [0.2, 0.25) is 21.7 Å². The van der Waals surface area contributed by atoms with Gasteiger partial charge in [0.05, 0.1) is 9.75 Å². The van der Waals surface area contributed by atoms with Gasteiger partial charge in [0.15, 0.2) is 10.7 Å². The molecule has 88 heavy (non-hydrogen) atoms. The number of thiophene rings is 2. The van der Waals surface area contributed by atoms with Crippen LogP contribution in [0.1, 0.15) is 32.0 Å².